The van der Waals surface area contributed by atoms with Crippen molar-refractivity contribution in [1.29, 1.82) is 0 Å². The molecular formula is C43H42N4O9S. The molecule has 2 aliphatic rings. The van der Waals surface area contributed by atoms with Crippen LogP contribution in [0.25, 0.3) is 10.8 Å². The SMILES string of the molecule is CC1=C(C(=O)OC(C)C)C(c2cccc([N+](=O)[O-])c2)C(C(=O)OC2CN(C(c3ccccc3)c3ccccc3)C2)=C(N)N1.O=S(=O)(O)c1cccc2ccccc12. The molecule has 0 aromatic heterocycles. The molecule has 1 saturated heterocycles. The van der Waals surface area contributed by atoms with Gasteiger partial charge in [-0.15, -0.1) is 0 Å². The minimum absolute atomic E-state index is 0.00271. The molecule has 0 aliphatic carbocycles. The van der Waals surface area contributed by atoms with Gasteiger partial charge in [0.25, 0.3) is 15.8 Å². The van der Waals surface area contributed by atoms with Gasteiger partial charge >= 0.3 is 11.9 Å². The van der Waals surface area contributed by atoms with Gasteiger partial charge in [0.1, 0.15) is 16.8 Å². The lowest BCUT2D eigenvalue weighted by molar-refractivity contribution is -0.384. The number of benzene rings is 5. The van der Waals surface area contributed by atoms with Crippen LogP contribution in [0.2, 0.25) is 0 Å². The average molecular weight is 791 g/mol. The maximum Gasteiger partial charge on any atom is 0.339 e. The van der Waals surface area contributed by atoms with Crippen molar-refractivity contribution >= 4 is 38.5 Å². The number of fused-ring (bicyclic) bond motifs is 1. The van der Waals surface area contributed by atoms with Crippen molar-refractivity contribution in [3.8, 4) is 0 Å². The first-order chi connectivity index (χ1) is 27.2. The Balaban J connectivity index is 0.000000328. The van der Waals surface area contributed by atoms with Crippen LogP contribution in [-0.2, 0) is 29.2 Å². The summed E-state index contributed by atoms with van der Waals surface area (Å²) in [4.78, 5) is 40.3. The normalized spacial score (nSPS) is 16.1. The van der Waals surface area contributed by atoms with Crippen molar-refractivity contribution < 1.29 is 37.0 Å². The second-order valence-electron chi connectivity index (χ2n) is 13.9. The van der Waals surface area contributed by atoms with Crippen molar-refractivity contribution in [2.45, 2.75) is 49.8 Å². The fourth-order valence-corrected chi connectivity index (χ4v) is 7.77. The second-order valence-corrected chi connectivity index (χ2v) is 15.3. The van der Waals surface area contributed by atoms with E-state index in [1.54, 1.807) is 57.2 Å². The molecule has 1 fully saturated rings. The Morgan fingerprint density at radius 2 is 1.42 bits per heavy atom. The molecule has 2 aliphatic heterocycles. The highest BCUT2D eigenvalue weighted by atomic mass is 32.2. The topological polar surface area (TPSA) is 191 Å². The number of hydrogen-bond donors (Lipinski definition) is 3. The Hall–Kier alpha value is -6.35. The molecule has 1 atom stereocenters. The zero-order valence-corrected chi connectivity index (χ0v) is 32.3. The van der Waals surface area contributed by atoms with E-state index in [4.69, 9.17) is 19.8 Å². The highest BCUT2D eigenvalue weighted by molar-refractivity contribution is 7.86. The third-order valence-corrected chi connectivity index (χ3v) is 10.5. The number of carbonyl (C=O) groups excluding carboxylic acids is 2. The Bertz CT molecular complexity index is 2420. The predicted molar refractivity (Wildman–Crippen MR) is 214 cm³/mol. The molecule has 5 aromatic rings. The van der Waals surface area contributed by atoms with Crippen LogP contribution < -0.4 is 11.1 Å². The van der Waals surface area contributed by atoms with Gasteiger partial charge in [-0.05, 0) is 48.9 Å². The molecule has 7 rings (SSSR count). The standard InChI is InChI=1S/C33H34N4O6.C10H8O3S/c1-20(2)42-32(38)27-21(3)35-31(34)29(28(27)24-15-10-16-25(17-24)37(40)41)33(39)43-26-18-36(19-26)30(22-11-6-4-7-12-22)23-13-8-5-9-14-23;11-14(12,13)10-7-3-5-8-4-1-2-6-9(8)10/h4-17,20,26,28,30,35H,18-19,34H2,1-3H3;1-7H,(H,11,12,13). The van der Waals surface area contributed by atoms with Crippen LogP contribution >= 0.6 is 0 Å². The number of dihydropyridines is 1. The first-order valence-electron chi connectivity index (χ1n) is 18.2. The third-order valence-electron chi connectivity index (χ3n) is 9.56. The lowest BCUT2D eigenvalue weighted by atomic mass is 9.81. The minimum Gasteiger partial charge on any atom is -0.460 e. The van der Waals surface area contributed by atoms with Crippen LogP contribution in [0.1, 0.15) is 49.4 Å². The zero-order valence-electron chi connectivity index (χ0n) is 31.4. The largest absolute Gasteiger partial charge is 0.460 e. The number of nitrogens with zero attached hydrogens (tertiary/aromatic N) is 2. The molecule has 0 amide bonds. The number of nitrogens with one attached hydrogen (secondary N) is 1. The fraction of sp³-hybridized carbons (Fsp3) is 0.209. The molecule has 0 bridgehead atoms. The van der Waals surface area contributed by atoms with Crippen molar-refractivity contribution in [2.75, 3.05) is 13.1 Å². The number of likely N-dealkylation sites (tertiary alicyclic amines) is 1. The molecular weight excluding hydrogens is 749 g/mol. The van der Waals surface area contributed by atoms with Crippen LogP contribution in [0, 0.1) is 10.1 Å². The molecule has 57 heavy (non-hydrogen) atoms. The highest BCUT2D eigenvalue weighted by Crippen LogP contribution is 2.40. The summed E-state index contributed by atoms with van der Waals surface area (Å²) in [6.07, 6.45) is -0.855. The Morgan fingerprint density at radius 3 is 2.02 bits per heavy atom. The van der Waals surface area contributed by atoms with Gasteiger partial charge in [0.15, 0.2) is 0 Å². The third kappa shape index (κ3) is 9.21. The van der Waals surface area contributed by atoms with Crippen LogP contribution in [0.4, 0.5) is 5.69 Å². The minimum atomic E-state index is -4.13. The van der Waals surface area contributed by atoms with E-state index in [-0.39, 0.29) is 33.6 Å². The van der Waals surface area contributed by atoms with Crippen LogP contribution in [-0.4, -0.2) is 60.0 Å². The molecule has 0 spiro atoms. The Labute approximate surface area is 330 Å². The van der Waals surface area contributed by atoms with Crippen molar-refractivity contribution in [3.63, 3.8) is 0 Å². The number of carbonyl (C=O) groups is 2. The van der Waals surface area contributed by atoms with E-state index in [9.17, 15) is 28.1 Å². The smallest absolute Gasteiger partial charge is 0.339 e. The van der Waals surface area contributed by atoms with Gasteiger partial charge < -0.3 is 20.5 Å². The molecule has 4 N–H and O–H groups in total. The molecule has 294 valence electrons. The van der Waals surface area contributed by atoms with E-state index in [1.807, 2.05) is 42.5 Å². The number of rotatable bonds is 10. The molecule has 2 heterocycles. The van der Waals surface area contributed by atoms with Crippen molar-refractivity contribution in [2.24, 2.45) is 5.73 Å². The van der Waals surface area contributed by atoms with E-state index in [0.717, 1.165) is 16.5 Å². The first kappa shape index (κ1) is 40.3. The molecule has 5 aromatic carbocycles. The molecule has 13 nitrogen and oxygen atoms in total. The number of nitro benzene ring substituents is 1. The number of ether oxygens (including phenoxy) is 2. The van der Waals surface area contributed by atoms with Crippen molar-refractivity contribution in [3.05, 3.63) is 177 Å². The first-order valence-corrected chi connectivity index (χ1v) is 19.6. The van der Waals surface area contributed by atoms with Crippen LogP contribution in [0.15, 0.2) is 155 Å². The number of hydrogen-bond acceptors (Lipinski definition) is 11. The number of nitro groups is 1. The second kappa shape index (κ2) is 17.2. The predicted octanol–water partition coefficient (Wildman–Crippen LogP) is 6.78. The van der Waals surface area contributed by atoms with Gasteiger partial charge in [-0.1, -0.05) is 109 Å². The quantitative estimate of drug-likeness (QED) is 0.0583. The average Bonchev–Trinajstić information content (AvgIpc) is 3.17. The summed E-state index contributed by atoms with van der Waals surface area (Å²) in [5.74, 6) is -2.37. The van der Waals surface area contributed by atoms with E-state index < -0.39 is 45.1 Å². The summed E-state index contributed by atoms with van der Waals surface area (Å²) in [6.45, 7) is 6.05. The summed E-state index contributed by atoms with van der Waals surface area (Å²) in [7, 11) is -4.13. The van der Waals surface area contributed by atoms with Gasteiger partial charge in [-0.3, -0.25) is 19.6 Å². The molecule has 0 radical (unpaired) electrons. The lowest BCUT2D eigenvalue weighted by Gasteiger charge is -2.44. The summed E-state index contributed by atoms with van der Waals surface area (Å²) < 4.78 is 42.4. The van der Waals surface area contributed by atoms with Gasteiger partial charge in [0, 0.05) is 36.3 Å². The number of esters is 2. The fourth-order valence-electron chi connectivity index (χ4n) is 7.06. The maximum absolute atomic E-state index is 13.8. The maximum atomic E-state index is 13.8. The summed E-state index contributed by atoms with van der Waals surface area (Å²) in [6, 6.07) is 37.8. The Kier molecular flexibility index (Phi) is 12.2. The summed E-state index contributed by atoms with van der Waals surface area (Å²) in [5, 5.41) is 15.8. The van der Waals surface area contributed by atoms with E-state index in [0.29, 0.717) is 29.7 Å². The van der Waals surface area contributed by atoms with Crippen LogP contribution in [0.5, 0.6) is 0 Å². The highest BCUT2D eigenvalue weighted by Gasteiger charge is 2.42. The number of allylic oxidation sites excluding steroid dienone is 1. The Morgan fingerprint density at radius 1 is 0.842 bits per heavy atom. The number of nitrogens with two attached hydrogens (primary N) is 1. The molecule has 0 saturated carbocycles. The van der Waals surface area contributed by atoms with Gasteiger partial charge in [-0.25, -0.2) is 9.59 Å². The summed E-state index contributed by atoms with van der Waals surface area (Å²) >= 11 is 0. The molecule has 14 heteroatoms. The molecule has 1 unspecified atom stereocenters. The summed E-state index contributed by atoms with van der Waals surface area (Å²) in [5.41, 5.74) is 9.31. The van der Waals surface area contributed by atoms with Crippen LogP contribution in [0.3, 0.4) is 0 Å². The van der Waals surface area contributed by atoms with Crippen molar-refractivity contribution in [1.82, 2.24) is 10.2 Å². The zero-order chi connectivity index (χ0) is 40.9. The van der Waals surface area contributed by atoms with Gasteiger partial charge in [0.05, 0.1) is 34.1 Å². The number of non-ortho nitro benzene ring substituents is 1. The van der Waals surface area contributed by atoms with E-state index >= 15 is 0 Å². The van der Waals surface area contributed by atoms with E-state index in [2.05, 4.69) is 34.5 Å². The van der Waals surface area contributed by atoms with E-state index in [1.165, 1.54) is 24.3 Å². The monoisotopic (exact) mass is 790 g/mol. The van der Waals surface area contributed by atoms with Gasteiger partial charge in [-0.2, -0.15) is 8.42 Å². The lowest BCUT2D eigenvalue weighted by Crippen LogP contribution is -2.54. The van der Waals surface area contributed by atoms with Gasteiger partial charge in [0.2, 0.25) is 0 Å².